The Morgan fingerprint density at radius 2 is 1.84 bits per heavy atom. The zero-order chi connectivity index (χ0) is 18.7. The van der Waals surface area contributed by atoms with E-state index < -0.39 is 23.5 Å². The number of benzene rings is 1. The molecule has 0 unspecified atom stereocenters. The van der Waals surface area contributed by atoms with E-state index in [1.54, 1.807) is 12.2 Å². The van der Waals surface area contributed by atoms with Crippen LogP contribution in [-0.2, 0) is 11.2 Å². The van der Waals surface area contributed by atoms with Crippen molar-refractivity contribution in [2.75, 3.05) is 0 Å². The number of imide groups is 1. The normalized spacial score (nSPS) is 14.5. The molecule has 0 aliphatic carbocycles. The first kappa shape index (κ1) is 18.3. The van der Waals surface area contributed by atoms with Crippen molar-refractivity contribution in [3.8, 4) is 11.5 Å². The Hall–Kier alpha value is -3.09. The number of rotatable bonds is 6. The van der Waals surface area contributed by atoms with Gasteiger partial charge in [-0.05, 0) is 39.2 Å². The predicted octanol–water partition coefficient (Wildman–Crippen LogP) is 2.28. The third-order valence-electron chi connectivity index (χ3n) is 4.06. The van der Waals surface area contributed by atoms with Crippen LogP contribution in [-0.4, -0.2) is 33.1 Å². The first-order chi connectivity index (χ1) is 11.7. The lowest BCUT2D eigenvalue weighted by Crippen LogP contribution is -2.19. The molecule has 1 aromatic rings. The molecule has 7 nitrogen and oxygen atoms in total. The van der Waals surface area contributed by atoms with Crippen molar-refractivity contribution in [1.29, 1.82) is 0 Å². The van der Waals surface area contributed by atoms with Crippen LogP contribution in [0.25, 0.3) is 0 Å². The number of phenols is 2. The molecule has 0 bridgehead atoms. The molecular weight excluding hydrogens is 326 g/mol. The van der Waals surface area contributed by atoms with Crippen molar-refractivity contribution in [2.45, 2.75) is 33.1 Å². The molecule has 1 aliphatic heterocycles. The number of carbonyl (C=O) groups excluding carboxylic acids is 2. The molecule has 2 amide bonds. The number of amides is 2. The van der Waals surface area contributed by atoms with E-state index in [1.807, 2.05) is 6.92 Å². The number of carboxylic acid groups (broad SMARTS) is 1. The highest BCUT2D eigenvalue weighted by Crippen LogP contribution is 2.36. The lowest BCUT2D eigenvalue weighted by Gasteiger charge is -2.09. The van der Waals surface area contributed by atoms with Crippen LogP contribution >= 0.6 is 0 Å². The van der Waals surface area contributed by atoms with Gasteiger partial charge in [0.05, 0.1) is 11.1 Å². The Morgan fingerprint density at radius 1 is 1.16 bits per heavy atom. The molecular formula is C18H19NO6. The van der Waals surface area contributed by atoms with Crippen LogP contribution in [0.3, 0.4) is 0 Å². The van der Waals surface area contributed by atoms with Crippen molar-refractivity contribution in [1.82, 2.24) is 5.32 Å². The fraction of sp³-hybridized carbons (Fsp3) is 0.278. The average molecular weight is 345 g/mol. The smallest absolute Gasteiger partial charge is 0.330 e. The van der Waals surface area contributed by atoms with Gasteiger partial charge in [0.2, 0.25) is 0 Å². The maximum Gasteiger partial charge on any atom is 0.330 e. The predicted molar refractivity (Wildman–Crippen MR) is 89.7 cm³/mol. The third kappa shape index (κ3) is 3.88. The second kappa shape index (κ2) is 7.21. The average Bonchev–Trinajstić information content (AvgIpc) is 2.81. The van der Waals surface area contributed by atoms with Gasteiger partial charge < -0.3 is 15.3 Å². The second-order valence-electron chi connectivity index (χ2n) is 5.91. The Kier molecular flexibility index (Phi) is 5.26. The Labute approximate surface area is 144 Å². The molecule has 2 rings (SSSR count). The Morgan fingerprint density at radius 3 is 2.48 bits per heavy atom. The van der Waals surface area contributed by atoms with E-state index in [-0.39, 0.29) is 34.4 Å². The van der Waals surface area contributed by atoms with E-state index in [4.69, 9.17) is 5.11 Å². The number of fused-ring (bicyclic) bond motifs is 1. The van der Waals surface area contributed by atoms with Gasteiger partial charge in [0.1, 0.15) is 11.5 Å². The molecule has 132 valence electrons. The topological polar surface area (TPSA) is 124 Å². The quantitative estimate of drug-likeness (QED) is 0.356. The zero-order valence-corrected chi connectivity index (χ0v) is 13.9. The molecule has 0 spiro atoms. The van der Waals surface area contributed by atoms with Crippen LogP contribution in [0.2, 0.25) is 0 Å². The highest BCUT2D eigenvalue weighted by molar-refractivity contribution is 6.23. The molecule has 0 saturated carbocycles. The molecule has 1 heterocycles. The van der Waals surface area contributed by atoms with E-state index in [1.165, 1.54) is 13.0 Å². The van der Waals surface area contributed by atoms with Gasteiger partial charge in [0, 0.05) is 11.1 Å². The number of nitrogens with one attached hydrogen (secondary N) is 1. The van der Waals surface area contributed by atoms with Crippen molar-refractivity contribution >= 4 is 17.8 Å². The van der Waals surface area contributed by atoms with E-state index in [0.29, 0.717) is 12.8 Å². The summed E-state index contributed by atoms with van der Waals surface area (Å²) in [6.45, 7) is 3.37. The first-order valence-electron chi connectivity index (χ1n) is 7.71. The zero-order valence-electron chi connectivity index (χ0n) is 13.9. The summed E-state index contributed by atoms with van der Waals surface area (Å²) < 4.78 is 0. The summed E-state index contributed by atoms with van der Waals surface area (Å²) in [5.74, 6) is -2.95. The van der Waals surface area contributed by atoms with Crippen LogP contribution in [0.15, 0.2) is 29.4 Å². The van der Waals surface area contributed by atoms with Crippen molar-refractivity contribution in [2.24, 2.45) is 0 Å². The highest BCUT2D eigenvalue weighted by atomic mass is 16.4. The lowest BCUT2D eigenvalue weighted by molar-refractivity contribution is -0.132. The molecule has 0 saturated heterocycles. The summed E-state index contributed by atoms with van der Waals surface area (Å²) in [6.07, 6.45) is 4.76. The molecule has 0 atom stereocenters. The van der Waals surface area contributed by atoms with Crippen LogP contribution in [0.1, 0.15) is 53.0 Å². The van der Waals surface area contributed by atoms with Crippen LogP contribution in [0.4, 0.5) is 0 Å². The number of hydrogen-bond acceptors (Lipinski definition) is 5. The van der Waals surface area contributed by atoms with E-state index in [2.05, 4.69) is 5.32 Å². The molecule has 0 radical (unpaired) electrons. The molecule has 1 aromatic carbocycles. The maximum atomic E-state index is 11.7. The van der Waals surface area contributed by atoms with E-state index in [0.717, 1.165) is 5.57 Å². The van der Waals surface area contributed by atoms with Gasteiger partial charge in [0.25, 0.3) is 11.8 Å². The van der Waals surface area contributed by atoms with Gasteiger partial charge in [-0.3, -0.25) is 14.9 Å². The van der Waals surface area contributed by atoms with E-state index in [9.17, 15) is 24.6 Å². The van der Waals surface area contributed by atoms with Crippen LogP contribution in [0.5, 0.6) is 11.5 Å². The third-order valence-corrected chi connectivity index (χ3v) is 4.06. The number of carbonyl (C=O) groups is 3. The van der Waals surface area contributed by atoms with Crippen molar-refractivity contribution in [3.63, 3.8) is 0 Å². The van der Waals surface area contributed by atoms with Gasteiger partial charge in [-0.1, -0.05) is 17.7 Å². The Bertz CT molecular complexity index is 819. The minimum atomic E-state index is -0.956. The number of phenolic OH excluding ortho intramolecular Hbond substituents is 2. The molecule has 0 fully saturated rings. The molecule has 7 heteroatoms. The van der Waals surface area contributed by atoms with Gasteiger partial charge in [-0.2, -0.15) is 0 Å². The number of aliphatic carboxylic acids is 1. The lowest BCUT2D eigenvalue weighted by atomic mass is 9.99. The minimum Gasteiger partial charge on any atom is -0.507 e. The minimum absolute atomic E-state index is 0.0428. The summed E-state index contributed by atoms with van der Waals surface area (Å²) in [4.78, 5) is 34.0. The summed E-state index contributed by atoms with van der Waals surface area (Å²) in [7, 11) is 0. The van der Waals surface area contributed by atoms with Crippen LogP contribution < -0.4 is 5.32 Å². The second-order valence-corrected chi connectivity index (χ2v) is 5.91. The maximum absolute atomic E-state index is 11.7. The fourth-order valence-electron chi connectivity index (χ4n) is 2.52. The summed E-state index contributed by atoms with van der Waals surface area (Å²) in [5.41, 5.74) is 1.22. The standard InChI is InChI=1S/C18H19NO6/c1-9(4-3-5-10(2)18(24)25)6-7-11-13(20)8-12-14(15(11)21)17(23)19-16(12)22/h5-6,8,20-21H,3-4,7H2,1-2H3,(H,24,25)(H,19,22,23)/b9-6+,10-5+. The number of hydrogen-bond donors (Lipinski definition) is 4. The summed E-state index contributed by atoms with van der Waals surface area (Å²) in [5, 5.41) is 31.1. The fourth-order valence-corrected chi connectivity index (χ4v) is 2.52. The summed E-state index contributed by atoms with van der Waals surface area (Å²) >= 11 is 0. The first-order valence-corrected chi connectivity index (χ1v) is 7.71. The van der Waals surface area contributed by atoms with Gasteiger partial charge in [-0.25, -0.2) is 4.79 Å². The number of carboxylic acids is 1. The van der Waals surface area contributed by atoms with Gasteiger partial charge >= 0.3 is 5.97 Å². The van der Waals surface area contributed by atoms with Crippen molar-refractivity contribution in [3.05, 3.63) is 46.1 Å². The summed E-state index contributed by atoms with van der Waals surface area (Å²) in [6, 6.07) is 1.17. The van der Waals surface area contributed by atoms with Gasteiger partial charge in [0.15, 0.2) is 0 Å². The van der Waals surface area contributed by atoms with Gasteiger partial charge in [-0.15, -0.1) is 0 Å². The molecule has 1 aliphatic rings. The van der Waals surface area contributed by atoms with Crippen molar-refractivity contribution < 1.29 is 29.7 Å². The SMILES string of the molecule is C/C(=C\Cc1c(O)cc2c(c1O)C(=O)NC2=O)CC/C=C(\C)C(=O)O. The van der Waals surface area contributed by atoms with Crippen LogP contribution in [0, 0.1) is 0 Å². The highest BCUT2D eigenvalue weighted by Gasteiger charge is 2.32. The Balaban J connectivity index is 2.15. The number of aromatic hydroxyl groups is 2. The molecule has 0 aromatic heterocycles. The largest absolute Gasteiger partial charge is 0.507 e. The number of allylic oxidation sites excluding steroid dienone is 3. The monoisotopic (exact) mass is 345 g/mol. The molecule has 25 heavy (non-hydrogen) atoms. The molecule has 4 N–H and O–H groups in total. The van der Waals surface area contributed by atoms with E-state index >= 15 is 0 Å².